The molecule has 0 saturated heterocycles. The van der Waals surface area contributed by atoms with E-state index in [0.29, 0.717) is 17.0 Å². The van der Waals surface area contributed by atoms with E-state index in [9.17, 15) is 0 Å². The second-order valence-electron chi connectivity index (χ2n) is 4.03. The van der Waals surface area contributed by atoms with E-state index in [1.807, 2.05) is 30.3 Å². The van der Waals surface area contributed by atoms with Crippen molar-refractivity contribution < 1.29 is 4.42 Å². The van der Waals surface area contributed by atoms with E-state index in [-0.39, 0.29) is 5.82 Å². The normalized spacial score (nSPS) is 10.5. The van der Waals surface area contributed by atoms with Crippen molar-refractivity contribution in [2.45, 2.75) is 0 Å². The molecule has 0 spiro atoms. The number of hydrogen-bond donors (Lipinski definition) is 1. The van der Waals surface area contributed by atoms with Gasteiger partial charge in [0.25, 0.3) is 0 Å². The summed E-state index contributed by atoms with van der Waals surface area (Å²) in [5.41, 5.74) is 7.46. The summed E-state index contributed by atoms with van der Waals surface area (Å²) < 4.78 is 6.70. The summed E-state index contributed by atoms with van der Waals surface area (Å²) >= 11 is 3.42. The summed E-state index contributed by atoms with van der Waals surface area (Å²) in [6, 6.07) is 13.0. The van der Waals surface area contributed by atoms with Crippen LogP contribution in [0.5, 0.6) is 0 Å². The lowest BCUT2D eigenvalue weighted by atomic mass is 10.2. The standard InChI is InChI=1S/C14H8BrN3O/c15-10-2-4-12-9(5-10)6-13(19-12)11-3-1-8(7-16)14(17)18-11/h1-6H,(H2,17,18). The summed E-state index contributed by atoms with van der Waals surface area (Å²) in [6.07, 6.45) is 0. The minimum atomic E-state index is 0.210. The van der Waals surface area contributed by atoms with E-state index in [2.05, 4.69) is 20.9 Å². The highest BCUT2D eigenvalue weighted by Gasteiger charge is 2.09. The third kappa shape index (κ3) is 2.07. The molecule has 2 heterocycles. The van der Waals surface area contributed by atoms with Gasteiger partial charge in [-0.25, -0.2) is 4.98 Å². The van der Waals surface area contributed by atoms with E-state index < -0.39 is 0 Å². The van der Waals surface area contributed by atoms with Crippen molar-refractivity contribution in [2.24, 2.45) is 0 Å². The zero-order valence-corrected chi connectivity index (χ0v) is 11.3. The van der Waals surface area contributed by atoms with Crippen LogP contribution in [0.4, 0.5) is 5.82 Å². The second-order valence-corrected chi connectivity index (χ2v) is 4.95. The monoisotopic (exact) mass is 313 g/mol. The van der Waals surface area contributed by atoms with E-state index in [1.165, 1.54) is 0 Å². The van der Waals surface area contributed by atoms with Gasteiger partial charge < -0.3 is 10.2 Å². The Morgan fingerprint density at radius 3 is 2.79 bits per heavy atom. The Bertz CT molecular complexity index is 817. The molecule has 4 nitrogen and oxygen atoms in total. The topological polar surface area (TPSA) is 75.8 Å². The number of halogens is 1. The largest absolute Gasteiger partial charge is 0.454 e. The number of nitriles is 1. The molecular formula is C14H8BrN3O. The fraction of sp³-hybridized carbons (Fsp3) is 0. The molecule has 2 aromatic heterocycles. The number of pyridine rings is 1. The first-order chi connectivity index (χ1) is 9.17. The average Bonchev–Trinajstić information content (AvgIpc) is 2.81. The number of benzene rings is 1. The van der Waals surface area contributed by atoms with Crippen LogP contribution < -0.4 is 5.73 Å². The Balaban J connectivity index is 2.14. The van der Waals surface area contributed by atoms with Crippen molar-refractivity contribution in [1.82, 2.24) is 4.98 Å². The maximum atomic E-state index is 8.83. The van der Waals surface area contributed by atoms with Crippen LogP contribution in [0.1, 0.15) is 5.56 Å². The number of rotatable bonds is 1. The van der Waals surface area contributed by atoms with Gasteiger partial charge in [0, 0.05) is 9.86 Å². The van der Waals surface area contributed by atoms with Crippen LogP contribution in [0.25, 0.3) is 22.4 Å². The Morgan fingerprint density at radius 2 is 2.05 bits per heavy atom. The van der Waals surface area contributed by atoms with Crippen molar-refractivity contribution in [3.8, 4) is 17.5 Å². The number of anilines is 1. The lowest BCUT2D eigenvalue weighted by Gasteiger charge is -1.99. The predicted octanol–water partition coefficient (Wildman–Crippen LogP) is 3.71. The third-order valence-electron chi connectivity index (χ3n) is 2.78. The molecule has 0 fully saturated rings. The molecule has 3 aromatic rings. The van der Waals surface area contributed by atoms with Crippen molar-refractivity contribution >= 4 is 32.7 Å². The van der Waals surface area contributed by atoms with E-state index in [0.717, 1.165) is 15.4 Å². The van der Waals surface area contributed by atoms with Crippen molar-refractivity contribution in [3.63, 3.8) is 0 Å². The highest BCUT2D eigenvalue weighted by molar-refractivity contribution is 9.10. The van der Waals surface area contributed by atoms with Gasteiger partial charge in [0.1, 0.15) is 23.2 Å². The number of fused-ring (bicyclic) bond motifs is 1. The summed E-state index contributed by atoms with van der Waals surface area (Å²) in [7, 11) is 0. The van der Waals surface area contributed by atoms with E-state index in [1.54, 1.807) is 12.1 Å². The molecule has 92 valence electrons. The molecule has 0 radical (unpaired) electrons. The average molecular weight is 314 g/mol. The van der Waals surface area contributed by atoms with Crippen molar-refractivity contribution in [1.29, 1.82) is 5.26 Å². The van der Waals surface area contributed by atoms with Crippen LogP contribution in [-0.4, -0.2) is 4.98 Å². The molecule has 0 atom stereocenters. The molecule has 5 heteroatoms. The highest BCUT2D eigenvalue weighted by Crippen LogP contribution is 2.29. The quantitative estimate of drug-likeness (QED) is 0.743. The second kappa shape index (κ2) is 4.41. The smallest absolute Gasteiger partial charge is 0.153 e. The number of furan rings is 1. The van der Waals surface area contributed by atoms with Gasteiger partial charge in [0.2, 0.25) is 0 Å². The zero-order valence-electron chi connectivity index (χ0n) is 9.72. The molecular weight excluding hydrogens is 306 g/mol. The predicted molar refractivity (Wildman–Crippen MR) is 76.3 cm³/mol. The van der Waals surface area contributed by atoms with Gasteiger partial charge in [-0.15, -0.1) is 0 Å². The molecule has 3 rings (SSSR count). The van der Waals surface area contributed by atoms with Gasteiger partial charge in [-0.3, -0.25) is 0 Å². The van der Waals surface area contributed by atoms with Gasteiger partial charge in [-0.2, -0.15) is 5.26 Å². The van der Waals surface area contributed by atoms with Crippen LogP contribution in [0.15, 0.2) is 45.3 Å². The fourth-order valence-electron chi connectivity index (χ4n) is 1.85. The van der Waals surface area contributed by atoms with Gasteiger partial charge in [-0.1, -0.05) is 15.9 Å². The number of nitrogens with two attached hydrogens (primary N) is 1. The maximum absolute atomic E-state index is 8.83. The number of aromatic nitrogens is 1. The Hall–Kier alpha value is -2.32. The van der Waals surface area contributed by atoms with Gasteiger partial charge >= 0.3 is 0 Å². The maximum Gasteiger partial charge on any atom is 0.153 e. The third-order valence-corrected chi connectivity index (χ3v) is 3.27. The lowest BCUT2D eigenvalue weighted by Crippen LogP contribution is -1.95. The minimum Gasteiger partial charge on any atom is -0.454 e. The summed E-state index contributed by atoms with van der Waals surface area (Å²) in [5.74, 6) is 0.839. The van der Waals surface area contributed by atoms with Crippen LogP contribution in [0.2, 0.25) is 0 Å². The number of nitrogen functional groups attached to an aromatic ring is 1. The molecule has 0 amide bonds. The first-order valence-electron chi connectivity index (χ1n) is 5.53. The first kappa shape index (κ1) is 11.8. The van der Waals surface area contributed by atoms with E-state index >= 15 is 0 Å². The van der Waals surface area contributed by atoms with Crippen LogP contribution in [-0.2, 0) is 0 Å². The summed E-state index contributed by atoms with van der Waals surface area (Å²) in [6.45, 7) is 0. The van der Waals surface area contributed by atoms with Crippen molar-refractivity contribution in [3.05, 3.63) is 46.4 Å². The van der Waals surface area contributed by atoms with Gasteiger partial charge in [-0.05, 0) is 36.4 Å². The Morgan fingerprint density at radius 1 is 1.21 bits per heavy atom. The molecule has 2 N–H and O–H groups in total. The molecule has 0 aliphatic heterocycles. The molecule has 1 aromatic carbocycles. The Kier molecular flexibility index (Phi) is 2.73. The first-order valence-corrected chi connectivity index (χ1v) is 6.33. The van der Waals surface area contributed by atoms with E-state index in [4.69, 9.17) is 15.4 Å². The molecule has 0 bridgehead atoms. The Labute approximate surface area is 117 Å². The lowest BCUT2D eigenvalue weighted by molar-refractivity contribution is 0.629. The summed E-state index contributed by atoms with van der Waals surface area (Å²) in [5, 5.41) is 9.81. The SMILES string of the molecule is N#Cc1ccc(-c2cc3cc(Br)ccc3o2)nc1N. The molecule has 0 aliphatic rings. The van der Waals surface area contributed by atoms with Gasteiger partial charge in [0.05, 0.1) is 5.56 Å². The zero-order chi connectivity index (χ0) is 13.4. The van der Waals surface area contributed by atoms with Crippen LogP contribution in [0.3, 0.4) is 0 Å². The number of hydrogen-bond acceptors (Lipinski definition) is 4. The van der Waals surface area contributed by atoms with Crippen LogP contribution in [0, 0.1) is 11.3 Å². The number of nitrogens with zero attached hydrogens (tertiary/aromatic N) is 2. The molecule has 0 saturated carbocycles. The highest BCUT2D eigenvalue weighted by atomic mass is 79.9. The minimum absolute atomic E-state index is 0.210. The molecule has 19 heavy (non-hydrogen) atoms. The fourth-order valence-corrected chi connectivity index (χ4v) is 2.23. The van der Waals surface area contributed by atoms with Crippen molar-refractivity contribution in [2.75, 3.05) is 5.73 Å². The van der Waals surface area contributed by atoms with Gasteiger partial charge in [0.15, 0.2) is 5.76 Å². The molecule has 0 unspecified atom stereocenters. The summed E-state index contributed by atoms with van der Waals surface area (Å²) in [4.78, 5) is 4.18. The molecule has 0 aliphatic carbocycles. The van der Waals surface area contributed by atoms with Crippen LogP contribution >= 0.6 is 15.9 Å².